The lowest BCUT2D eigenvalue weighted by molar-refractivity contribution is 0.995. The molecule has 0 amide bonds. The molecule has 0 spiro atoms. The van der Waals surface area contributed by atoms with Crippen LogP contribution in [-0.4, -0.2) is 0 Å². The van der Waals surface area contributed by atoms with Crippen LogP contribution in [0.15, 0.2) is 60.7 Å². The van der Waals surface area contributed by atoms with Gasteiger partial charge >= 0.3 is 0 Å². The van der Waals surface area contributed by atoms with E-state index < -0.39 is 0 Å². The van der Waals surface area contributed by atoms with Gasteiger partial charge in [-0.15, -0.1) is 0 Å². The van der Waals surface area contributed by atoms with Gasteiger partial charge in [0.1, 0.15) is 0 Å². The van der Waals surface area contributed by atoms with E-state index in [9.17, 15) is 0 Å². The molecule has 1 aliphatic carbocycles. The van der Waals surface area contributed by atoms with E-state index in [0.717, 1.165) is 0 Å². The minimum atomic E-state index is 1.30. The molecule has 2 aromatic rings. The number of rotatable bonds is 2. The second-order valence-corrected chi connectivity index (χ2v) is 4.95. The van der Waals surface area contributed by atoms with Gasteiger partial charge in [0.05, 0.1) is 0 Å². The fourth-order valence-electron chi connectivity index (χ4n) is 2.60. The molecule has 3 rings (SSSR count). The minimum Gasteiger partial charge on any atom is -0.0622 e. The molecule has 0 aromatic heterocycles. The normalized spacial score (nSPS) is 19.1. The predicted octanol–water partition coefficient (Wildman–Crippen LogP) is 4.64. The Hall–Kier alpha value is -1.56. The first kappa shape index (κ1) is 12.5. The summed E-state index contributed by atoms with van der Waals surface area (Å²) in [7, 11) is 0. The number of hydrogen-bond donors (Lipinski definition) is 0. The third-order valence-corrected chi connectivity index (χ3v) is 3.83. The smallest absolute Gasteiger partial charge is 0.0164 e. The van der Waals surface area contributed by atoms with Crippen molar-refractivity contribution in [2.24, 2.45) is 0 Å². The van der Waals surface area contributed by atoms with Crippen molar-refractivity contribution in [2.75, 3.05) is 0 Å². The van der Waals surface area contributed by atoms with Gasteiger partial charge in [0.25, 0.3) is 0 Å². The maximum atomic E-state index is 2.31. The number of hydrogen-bond acceptors (Lipinski definition) is 0. The Bertz CT molecular complexity index is 465. The fraction of sp³-hybridized carbons (Fsp3) is 0.105. The average molecular weight is 245 g/mol. The molecule has 93 valence electrons. The first-order valence-corrected chi connectivity index (χ1v) is 6.65. The van der Waals surface area contributed by atoms with Gasteiger partial charge < -0.3 is 0 Å². The Morgan fingerprint density at radius 2 is 0.895 bits per heavy atom. The maximum Gasteiger partial charge on any atom is 0.0164 e. The fourth-order valence-corrected chi connectivity index (χ4v) is 2.60. The summed E-state index contributed by atoms with van der Waals surface area (Å²) >= 11 is 0. The quantitative estimate of drug-likeness (QED) is 0.723. The molecule has 1 fully saturated rings. The van der Waals surface area contributed by atoms with Crippen LogP contribution in [0.3, 0.4) is 0 Å². The van der Waals surface area contributed by atoms with Gasteiger partial charge in [0.15, 0.2) is 0 Å². The molecule has 0 saturated heterocycles. The first-order chi connectivity index (χ1) is 9.27. The summed E-state index contributed by atoms with van der Waals surface area (Å²) in [6.45, 7) is 4.42. The summed E-state index contributed by atoms with van der Waals surface area (Å²) in [5.74, 6) is 5.45. The Labute approximate surface area is 116 Å². The van der Waals surface area contributed by atoms with E-state index in [2.05, 4.69) is 80.9 Å². The Balaban J connectivity index is 1.88. The number of benzene rings is 2. The zero-order valence-electron chi connectivity index (χ0n) is 11.4. The molecule has 5 radical (unpaired) electrons. The van der Waals surface area contributed by atoms with Gasteiger partial charge in [-0.05, 0) is 29.4 Å². The van der Waals surface area contributed by atoms with Gasteiger partial charge in [-0.2, -0.15) is 0 Å². The summed E-state index contributed by atoms with van der Waals surface area (Å²) in [5.41, 5.74) is 2.59. The highest BCUT2D eigenvalue weighted by atomic mass is 14.4. The van der Waals surface area contributed by atoms with E-state index in [1.54, 1.807) is 0 Å². The van der Waals surface area contributed by atoms with E-state index in [1.165, 1.54) is 34.8 Å². The molecule has 19 heavy (non-hydrogen) atoms. The standard InChI is InChI=1S/C19H17/c1-14-15(2)19(17-11-7-4-8-12-17)13-18(14)16-9-5-3-6-10-16/h3-13H,1-2H3. The van der Waals surface area contributed by atoms with Crippen LogP contribution in [0.2, 0.25) is 0 Å². The largest absolute Gasteiger partial charge is 0.0622 e. The molecular weight excluding hydrogens is 228 g/mol. The first-order valence-electron chi connectivity index (χ1n) is 6.65. The highest BCUT2D eigenvalue weighted by Crippen LogP contribution is 2.51. The minimum absolute atomic E-state index is 1.30. The second-order valence-electron chi connectivity index (χ2n) is 4.95. The van der Waals surface area contributed by atoms with Gasteiger partial charge in [-0.1, -0.05) is 74.5 Å². The van der Waals surface area contributed by atoms with Crippen molar-refractivity contribution in [1.29, 1.82) is 0 Å². The SMILES string of the molecule is C[C]1[C](C)[C](c2ccccc2)[CH][C]1c1ccccc1. The second kappa shape index (κ2) is 5.21. The summed E-state index contributed by atoms with van der Waals surface area (Å²) in [4.78, 5) is 0. The lowest BCUT2D eigenvalue weighted by atomic mass is 9.85. The van der Waals surface area contributed by atoms with E-state index >= 15 is 0 Å². The van der Waals surface area contributed by atoms with Crippen molar-refractivity contribution in [3.63, 3.8) is 0 Å². The van der Waals surface area contributed by atoms with E-state index in [-0.39, 0.29) is 0 Å². The summed E-state index contributed by atoms with van der Waals surface area (Å²) < 4.78 is 0. The van der Waals surface area contributed by atoms with Crippen molar-refractivity contribution < 1.29 is 0 Å². The molecule has 0 heterocycles. The van der Waals surface area contributed by atoms with Crippen LogP contribution in [0.4, 0.5) is 0 Å². The lowest BCUT2D eigenvalue weighted by Gasteiger charge is -2.17. The summed E-state index contributed by atoms with van der Waals surface area (Å²) in [5, 5.41) is 0. The lowest BCUT2D eigenvalue weighted by Crippen LogP contribution is -2.06. The van der Waals surface area contributed by atoms with Gasteiger partial charge in [-0.3, -0.25) is 0 Å². The monoisotopic (exact) mass is 245 g/mol. The molecule has 0 atom stereocenters. The van der Waals surface area contributed by atoms with Crippen LogP contribution in [-0.2, 0) is 0 Å². The molecular formula is C19H17. The predicted molar refractivity (Wildman–Crippen MR) is 79.7 cm³/mol. The van der Waals surface area contributed by atoms with Crippen molar-refractivity contribution in [2.45, 2.75) is 13.8 Å². The Morgan fingerprint density at radius 1 is 0.526 bits per heavy atom. The maximum absolute atomic E-state index is 2.31. The molecule has 2 aromatic carbocycles. The average Bonchev–Trinajstić information content (AvgIpc) is 2.77. The third-order valence-electron chi connectivity index (χ3n) is 3.83. The highest BCUT2D eigenvalue weighted by molar-refractivity contribution is 5.67. The molecule has 1 saturated carbocycles. The van der Waals surface area contributed by atoms with Crippen molar-refractivity contribution in [3.8, 4) is 0 Å². The van der Waals surface area contributed by atoms with Crippen LogP contribution in [0.25, 0.3) is 0 Å². The Kier molecular flexibility index (Phi) is 3.42. The molecule has 0 bridgehead atoms. The van der Waals surface area contributed by atoms with E-state index in [4.69, 9.17) is 0 Å². The van der Waals surface area contributed by atoms with Crippen LogP contribution < -0.4 is 0 Å². The zero-order chi connectivity index (χ0) is 13.2. The van der Waals surface area contributed by atoms with E-state index in [1.807, 2.05) is 0 Å². The third kappa shape index (κ3) is 2.32. The Morgan fingerprint density at radius 3 is 1.26 bits per heavy atom. The summed E-state index contributed by atoms with van der Waals surface area (Å²) in [6, 6.07) is 21.2. The van der Waals surface area contributed by atoms with E-state index in [0.29, 0.717) is 0 Å². The molecule has 0 aliphatic heterocycles. The zero-order valence-corrected chi connectivity index (χ0v) is 11.4. The van der Waals surface area contributed by atoms with Crippen molar-refractivity contribution in [3.05, 3.63) is 102 Å². The topological polar surface area (TPSA) is 0 Å². The molecule has 1 aliphatic rings. The van der Waals surface area contributed by atoms with Crippen molar-refractivity contribution >= 4 is 0 Å². The van der Waals surface area contributed by atoms with Crippen LogP contribution in [0, 0.1) is 30.1 Å². The molecule has 0 nitrogen and oxygen atoms in total. The van der Waals surface area contributed by atoms with Gasteiger partial charge in [-0.25, -0.2) is 0 Å². The summed E-state index contributed by atoms with van der Waals surface area (Å²) in [6.07, 6.45) is 2.31. The molecule has 0 unspecified atom stereocenters. The highest BCUT2D eigenvalue weighted by Gasteiger charge is 2.41. The van der Waals surface area contributed by atoms with Crippen LogP contribution in [0.5, 0.6) is 0 Å². The van der Waals surface area contributed by atoms with Crippen LogP contribution >= 0.6 is 0 Å². The van der Waals surface area contributed by atoms with Gasteiger partial charge in [0, 0.05) is 11.8 Å². The van der Waals surface area contributed by atoms with Crippen LogP contribution in [0.1, 0.15) is 25.0 Å². The van der Waals surface area contributed by atoms with Crippen molar-refractivity contribution in [1.82, 2.24) is 0 Å². The van der Waals surface area contributed by atoms with Gasteiger partial charge in [0.2, 0.25) is 0 Å². The molecule has 0 heteroatoms. The molecule has 0 N–H and O–H groups in total.